The topological polar surface area (TPSA) is 60.4 Å². The summed E-state index contributed by atoms with van der Waals surface area (Å²) in [6.07, 6.45) is -0.532. The third-order valence-corrected chi connectivity index (χ3v) is 4.70. The first-order valence-corrected chi connectivity index (χ1v) is 8.56. The van der Waals surface area contributed by atoms with Crippen molar-refractivity contribution in [2.45, 2.75) is 6.18 Å². The summed E-state index contributed by atoms with van der Waals surface area (Å²) in [4.78, 5) is 17.5. The molecule has 0 radical (unpaired) electrons. The second-order valence-electron chi connectivity index (χ2n) is 5.57. The lowest BCUT2D eigenvalue weighted by Crippen LogP contribution is -2.16. The van der Waals surface area contributed by atoms with Gasteiger partial charge in [-0.2, -0.15) is 22.9 Å². The molecule has 0 aliphatic carbocycles. The number of halogens is 3. The number of hydrogen-bond acceptors (Lipinski definition) is 5. The minimum Gasteiger partial charge on any atom is -0.464 e. The molecule has 1 aromatic carbocycles. The predicted molar refractivity (Wildman–Crippen MR) is 96.0 cm³/mol. The van der Waals surface area contributed by atoms with Crippen LogP contribution in [0.2, 0.25) is 0 Å². The number of rotatable bonds is 3. The van der Waals surface area contributed by atoms with Crippen molar-refractivity contribution in [1.82, 2.24) is 9.66 Å². The molecule has 3 aromatic heterocycles. The Morgan fingerprint density at radius 1 is 1.22 bits per heavy atom. The number of aromatic nitrogens is 2. The van der Waals surface area contributed by atoms with Crippen LogP contribution in [-0.2, 0) is 6.18 Å². The predicted octanol–water partition coefficient (Wildman–Crippen LogP) is 4.62. The van der Waals surface area contributed by atoms with E-state index < -0.39 is 17.3 Å². The lowest BCUT2D eigenvalue weighted by molar-refractivity contribution is -0.137. The van der Waals surface area contributed by atoms with Gasteiger partial charge in [0.2, 0.25) is 0 Å². The highest BCUT2D eigenvalue weighted by atomic mass is 32.1. The van der Waals surface area contributed by atoms with Crippen LogP contribution in [0.25, 0.3) is 21.5 Å². The molecule has 0 bridgehead atoms. The zero-order valence-corrected chi connectivity index (χ0v) is 14.3. The largest absolute Gasteiger partial charge is 0.464 e. The van der Waals surface area contributed by atoms with Crippen molar-refractivity contribution in [1.29, 1.82) is 0 Å². The van der Waals surface area contributed by atoms with Crippen molar-refractivity contribution in [2.24, 2.45) is 5.10 Å². The Morgan fingerprint density at radius 3 is 2.81 bits per heavy atom. The molecule has 0 aliphatic rings. The number of benzene rings is 1. The Morgan fingerprint density at radius 2 is 2.07 bits per heavy atom. The first-order chi connectivity index (χ1) is 12.9. The van der Waals surface area contributed by atoms with Gasteiger partial charge in [0.25, 0.3) is 5.56 Å². The smallest absolute Gasteiger partial charge is 0.416 e. The molecule has 4 aromatic rings. The molecular formula is C18H10F3N3O2S. The lowest BCUT2D eigenvalue weighted by atomic mass is 10.1. The van der Waals surface area contributed by atoms with Crippen LogP contribution in [0.15, 0.2) is 68.7 Å². The summed E-state index contributed by atoms with van der Waals surface area (Å²) in [5.41, 5.74) is -0.407. The molecule has 0 saturated heterocycles. The minimum atomic E-state index is -4.45. The van der Waals surface area contributed by atoms with Crippen LogP contribution in [0.5, 0.6) is 0 Å². The Bertz CT molecular complexity index is 1190. The maximum Gasteiger partial charge on any atom is 0.416 e. The average molecular weight is 389 g/mol. The van der Waals surface area contributed by atoms with Crippen molar-refractivity contribution in [3.63, 3.8) is 0 Å². The number of fused-ring (bicyclic) bond motifs is 1. The lowest BCUT2D eigenvalue weighted by Gasteiger charge is -2.06. The molecule has 0 aliphatic heterocycles. The van der Waals surface area contributed by atoms with Gasteiger partial charge < -0.3 is 4.42 Å². The Balaban J connectivity index is 1.75. The molecule has 0 unspecified atom stereocenters. The monoisotopic (exact) mass is 389 g/mol. The highest BCUT2D eigenvalue weighted by Crippen LogP contribution is 2.31. The van der Waals surface area contributed by atoms with Gasteiger partial charge >= 0.3 is 6.18 Å². The van der Waals surface area contributed by atoms with Crippen LogP contribution < -0.4 is 5.56 Å². The standard InChI is InChI=1S/C18H10F3N3O2S/c19-18(20,21)12-4-1-3-11(7-12)8-23-24-10-22-16-15(17(24)25)13(9-27-16)14-5-2-6-26-14/h1-10H/b23-8-. The van der Waals surface area contributed by atoms with Crippen LogP contribution in [0.3, 0.4) is 0 Å². The summed E-state index contributed by atoms with van der Waals surface area (Å²) >= 11 is 1.29. The Kier molecular flexibility index (Phi) is 4.15. The molecule has 0 fully saturated rings. The SMILES string of the molecule is O=c1c2c(-c3ccco3)csc2ncn1/N=C\c1cccc(C(F)(F)F)c1. The number of hydrogen-bond donors (Lipinski definition) is 0. The minimum absolute atomic E-state index is 0.216. The number of thiophene rings is 1. The fourth-order valence-electron chi connectivity index (χ4n) is 2.54. The Hall–Kier alpha value is -3.20. The Labute approximate surface area is 154 Å². The van der Waals surface area contributed by atoms with E-state index in [1.165, 1.54) is 42.3 Å². The molecule has 3 heterocycles. The van der Waals surface area contributed by atoms with E-state index >= 15 is 0 Å². The van der Waals surface area contributed by atoms with Crippen LogP contribution in [0.4, 0.5) is 13.2 Å². The van der Waals surface area contributed by atoms with Gasteiger partial charge in [0, 0.05) is 10.9 Å². The molecule has 27 heavy (non-hydrogen) atoms. The fourth-order valence-corrected chi connectivity index (χ4v) is 3.43. The van der Waals surface area contributed by atoms with E-state index in [0.717, 1.165) is 16.8 Å². The molecule has 4 rings (SSSR count). The number of furan rings is 1. The van der Waals surface area contributed by atoms with Gasteiger partial charge in [0.1, 0.15) is 16.9 Å². The van der Waals surface area contributed by atoms with Crippen LogP contribution >= 0.6 is 11.3 Å². The highest BCUT2D eigenvalue weighted by Gasteiger charge is 2.30. The molecule has 0 atom stereocenters. The summed E-state index contributed by atoms with van der Waals surface area (Å²) in [7, 11) is 0. The average Bonchev–Trinajstić information content (AvgIpc) is 3.30. The van der Waals surface area contributed by atoms with Gasteiger partial charge in [0.15, 0.2) is 0 Å². The molecule has 0 spiro atoms. The highest BCUT2D eigenvalue weighted by molar-refractivity contribution is 7.17. The van der Waals surface area contributed by atoms with E-state index in [1.54, 1.807) is 17.5 Å². The van der Waals surface area contributed by atoms with Crippen LogP contribution in [0, 0.1) is 0 Å². The molecule has 0 amide bonds. The van der Waals surface area contributed by atoms with Crippen molar-refractivity contribution >= 4 is 27.8 Å². The first kappa shape index (κ1) is 17.2. The number of alkyl halides is 3. The third-order valence-electron chi connectivity index (χ3n) is 3.81. The van der Waals surface area contributed by atoms with Crippen molar-refractivity contribution < 1.29 is 17.6 Å². The summed E-state index contributed by atoms with van der Waals surface area (Å²) in [6.45, 7) is 0. The quantitative estimate of drug-likeness (QED) is 0.481. The number of nitrogens with zero attached hydrogens (tertiary/aromatic N) is 3. The molecular weight excluding hydrogens is 379 g/mol. The van der Waals surface area contributed by atoms with Gasteiger partial charge in [-0.05, 0) is 29.8 Å². The van der Waals surface area contributed by atoms with Crippen molar-refractivity contribution in [3.8, 4) is 11.3 Å². The van der Waals surface area contributed by atoms with E-state index in [4.69, 9.17) is 4.42 Å². The zero-order valence-electron chi connectivity index (χ0n) is 13.5. The van der Waals surface area contributed by atoms with E-state index in [-0.39, 0.29) is 5.56 Å². The third kappa shape index (κ3) is 3.28. The summed E-state index contributed by atoms with van der Waals surface area (Å²) in [6, 6.07) is 8.11. The maximum atomic E-state index is 12.8. The zero-order chi connectivity index (χ0) is 19.0. The fraction of sp³-hybridized carbons (Fsp3) is 0.0556. The van der Waals surface area contributed by atoms with E-state index in [0.29, 0.717) is 21.5 Å². The second-order valence-corrected chi connectivity index (χ2v) is 6.43. The van der Waals surface area contributed by atoms with Gasteiger partial charge in [-0.3, -0.25) is 4.79 Å². The first-order valence-electron chi connectivity index (χ1n) is 7.68. The van der Waals surface area contributed by atoms with Gasteiger partial charge in [0.05, 0.1) is 23.4 Å². The normalized spacial score (nSPS) is 12.3. The van der Waals surface area contributed by atoms with E-state index in [1.807, 2.05) is 0 Å². The second kappa shape index (κ2) is 6.51. The maximum absolute atomic E-state index is 12.8. The van der Waals surface area contributed by atoms with Gasteiger partial charge in [-0.25, -0.2) is 4.98 Å². The van der Waals surface area contributed by atoms with Gasteiger partial charge in [-0.15, -0.1) is 11.3 Å². The van der Waals surface area contributed by atoms with Crippen LogP contribution in [-0.4, -0.2) is 15.9 Å². The van der Waals surface area contributed by atoms with Crippen molar-refractivity contribution in [3.05, 3.63) is 75.8 Å². The summed E-state index contributed by atoms with van der Waals surface area (Å²) < 4.78 is 44.7. The van der Waals surface area contributed by atoms with Crippen molar-refractivity contribution in [2.75, 3.05) is 0 Å². The molecule has 136 valence electrons. The summed E-state index contributed by atoms with van der Waals surface area (Å²) in [5, 5.41) is 6.08. The molecule has 5 nitrogen and oxygen atoms in total. The summed E-state index contributed by atoms with van der Waals surface area (Å²) in [5.74, 6) is 0.528. The van der Waals surface area contributed by atoms with Gasteiger partial charge in [-0.1, -0.05) is 12.1 Å². The van der Waals surface area contributed by atoms with Crippen LogP contribution in [0.1, 0.15) is 11.1 Å². The van der Waals surface area contributed by atoms with E-state index in [9.17, 15) is 18.0 Å². The van der Waals surface area contributed by atoms with E-state index in [2.05, 4.69) is 10.1 Å². The molecule has 9 heteroatoms. The molecule has 0 saturated carbocycles. The molecule has 0 N–H and O–H groups in total.